The fraction of sp³-hybridized carbons (Fsp3) is 0.433. The van der Waals surface area contributed by atoms with Crippen LogP contribution in [0, 0.1) is 0 Å². The molecule has 1 atom stereocenters. The van der Waals surface area contributed by atoms with Crippen LogP contribution in [0.25, 0.3) is 0 Å². The summed E-state index contributed by atoms with van der Waals surface area (Å²) in [6.45, 7) is 2.24. The van der Waals surface area contributed by atoms with Gasteiger partial charge in [0.2, 0.25) is 0 Å². The lowest BCUT2D eigenvalue weighted by Crippen LogP contribution is -2.55. The number of methoxy groups -OCH3 is 1. The summed E-state index contributed by atoms with van der Waals surface area (Å²) < 4.78 is 5.33. The second-order valence-electron chi connectivity index (χ2n) is 10.6. The third kappa shape index (κ3) is 4.66. The molecule has 6 nitrogen and oxygen atoms in total. The van der Waals surface area contributed by atoms with E-state index in [0.717, 1.165) is 43.5 Å². The predicted octanol–water partition coefficient (Wildman–Crippen LogP) is 4.45. The van der Waals surface area contributed by atoms with Gasteiger partial charge in [-0.25, -0.2) is 0 Å². The van der Waals surface area contributed by atoms with Gasteiger partial charge in [0, 0.05) is 43.1 Å². The molecule has 5 rings (SSSR count). The van der Waals surface area contributed by atoms with Gasteiger partial charge in [-0.05, 0) is 74.7 Å². The Morgan fingerprint density at radius 1 is 0.917 bits per heavy atom. The Kier molecular flexibility index (Phi) is 7.13. The van der Waals surface area contributed by atoms with Gasteiger partial charge in [-0.15, -0.1) is 0 Å². The molecule has 1 aromatic heterocycles. The molecule has 190 valence electrons. The fourth-order valence-electron chi connectivity index (χ4n) is 6.35. The number of rotatable bonds is 7. The van der Waals surface area contributed by atoms with Crippen molar-refractivity contribution in [3.63, 3.8) is 0 Å². The van der Waals surface area contributed by atoms with Gasteiger partial charge >= 0.3 is 0 Å². The quantitative estimate of drug-likeness (QED) is 0.532. The molecule has 0 bridgehead atoms. The molecule has 3 aromatic rings. The number of aromatic nitrogens is 1. The van der Waals surface area contributed by atoms with E-state index in [0.29, 0.717) is 13.1 Å². The van der Waals surface area contributed by atoms with Crippen molar-refractivity contribution in [2.45, 2.75) is 56.2 Å². The standard InChI is InChI=1S/C30H38N4O2/c1-32(2)30(26-9-5-4-6-10-26)17-15-29(16-18-30)23-33(21-24-11-13-27(36-3)14-12-24)28(35)34(29)22-25-8-7-19-31-20-25/h4-14,19-20,28,35H,15-18,21-23H2,1-3H3/t28?,29-,30+. The molecule has 36 heavy (non-hydrogen) atoms. The van der Waals surface area contributed by atoms with Crippen LogP contribution in [-0.4, -0.2) is 64.4 Å². The molecule has 1 N–H and O–H groups in total. The average Bonchev–Trinajstić information content (AvgIpc) is 3.16. The maximum atomic E-state index is 11.6. The molecule has 6 heteroatoms. The van der Waals surface area contributed by atoms with Crippen molar-refractivity contribution >= 4 is 0 Å². The van der Waals surface area contributed by atoms with Crippen LogP contribution in [-0.2, 0) is 18.6 Å². The zero-order valence-corrected chi connectivity index (χ0v) is 21.7. The van der Waals surface area contributed by atoms with Gasteiger partial charge in [0.15, 0.2) is 6.35 Å². The van der Waals surface area contributed by atoms with E-state index < -0.39 is 6.35 Å². The summed E-state index contributed by atoms with van der Waals surface area (Å²) in [5.74, 6) is 0.851. The van der Waals surface area contributed by atoms with Crippen molar-refractivity contribution in [3.05, 3.63) is 95.8 Å². The third-order valence-electron chi connectivity index (χ3n) is 8.51. The lowest BCUT2D eigenvalue weighted by atomic mass is 9.68. The van der Waals surface area contributed by atoms with Crippen LogP contribution < -0.4 is 4.74 Å². The van der Waals surface area contributed by atoms with E-state index in [9.17, 15) is 5.11 Å². The van der Waals surface area contributed by atoms with Crippen LogP contribution in [0.5, 0.6) is 5.75 Å². The van der Waals surface area contributed by atoms with E-state index >= 15 is 0 Å². The molecule has 1 saturated heterocycles. The SMILES string of the molecule is COc1ccc(CN2C[C@]3(CC[C@](c4ccccc4)(N(C)C)CC3)N(Cc3cccnc3)C2O)cc1. The summed E-state index contributed by atoms with van der Waals surface area (Å²) in [4.78, 5) is 11.3. The summed E-state index contributed by atoms with van der Waals surface area (Å²) in [6.07, 6.45) is 7.24. The number of pyridine rings is 1. The highest BCUT2D eigenvalue weighted by Gasteiger charge is 2.54. The third-order valence-corrected chi connectivity index (χ3v) is 8.51. The first kappa shape index (κ1) is 24.9. The highest BCUT2D eigenvalue weighted by molar-refractivity contribution is 5.29. The number of hydrogen-bond acceptors (Lipinski definition) is 6. The van der Waals surface area contributed by atoms with Crippen molar-refractivity contribution < 1.29 is 9.84 Å². The van der Waals surface area contributed by atoms with E-state index in [-0.39, 0.29) is 11.1 Å². The van der Waals surface area contributed by atoms with E-state index in [1.165, 1.54) is 11.1 Å². The Bertz CT molecular complexity index is 1110. The average molecular weight is 487 g/mol. The lowest BCUT2D eigenvalue weighted by Gasteiger charge is -2.51. The Hall–Kier alpha value is -2.77. The summed E-state index contributed by atoms with van der Waals surface area (Å²) in [5.41, 5.74) is 3.62. The van der Waals surface area contributed by atoms with Crippen LogP contribution >= 0.6 is 0 Å². The molecule has 2 aromatic carbocycles. The first-order valence-electron chi connectivity index (χ1n) is 12.9. The topological polar surface area (TPSA) is 52.1 Å². The van der Waals surface area contributed by atoms with Crippen molar-refractivity contribution in [1.29, 1.82) is 0 Å². The molecule has 0 amide bonds. The van der Waals surface area contributed by atoms with Crippen LogP contribution in [0.15, 0.2) is 79.1 Å². The maximum Gasteiger partial charge on any atom is 0.166 e. The molecule has 1 saturated carbocycles. The van der Waals surface area contributed by atoms with Crippen molar-refractivity contribution in [2.75, 3.05) is 27.7 Å². The highest BCUT2D eigenvalue weighted by Crippen LogP contribution is 2.50. The molecule has 2 heterocycles. The Morgan fingerprint density at radius 2 is 1.64 bits per heavy atom. The normalized spacial score (nSPS) is 27.1. The zero-order valence-electron chi connectivity index (χ0n) is 21.7. The second kappa shape index (κ2) is 10.3. The fourth-order valence-corrected chi connectivity index (χ4v) is 6.35. The molecule has 1 aliphatic carbocycles. The van der Waals surface area contributed by atoms with Gasteiger partial charge in [0.1, 0.15) is 5.75 Å². The summed E-state index contributed by atoms with van der Waals surface area (Å²) >= 11 is 0. The Morgan fingerprint density at radius 3 is 2.25 bits per heavy atom. The molecule has 2 aliphatic rings. The molecule has 2 fully saturated rings. The van der Waals surface area contributed by atoms with Crippen LogP contribution in [0.4, 0.5) is 0 Å². The number of hydrogen-bond donors (Lipinski definition) is 1. The van der Waals surface area contributed by atoms with Gasteiger partial charge in [0.25, 0.3) is 0 Å². The zero-order chi connectivity index (χ0) is 25.2. The summed E-state index contributed by atoms with van der Waals surface area (Å²) in [5, 5.41) is 11.6. The second-order valence-corrected chi connectivity index (χ2v) is 10.6. The van der Waals surface area contributed by atoms with Gasteiger partial charge in [-0.2, -0.15) is 0 Å². The monoisotopic (exact) mass is 486 g/mol. The Labute approximate surface area is 215 Å². The molecular weight excluding hydrogens is 448 g/mol. The summed E-state index contributed by atoms with van der Waals surface area (Å²) in [6, 6.07) is 23.2. The van der Waals surface area contributed by atoms with Crippen LogP contribution in [0.3, 0.4) is 0 Å². The van der Waals surface area contributed by atoms with Crippen molar-refractivity contribution in [2.24, 2.45) is 0 Å². The van der Waals surface area contributed by atoms with E-state index in [4.69, 9.17) is 4.74 Å². The molecular formula is C30H38N4O2. The molecule has 1 unspecified atom stereocenters. The minimum Gasteiger partial charge on any atom is -0.497 e. The van der Waals surface area contributed by atoms with E-state index in [2.05, 4.69) is 82.3 Å². The van der Waals surface area contributed by atoms with Crippen molar-refractivity contribution in [3.8, 4) is 5.75 Å². The number of aliphatic hydroxyl groups is 1. The minimum atomic E-state index is -0.643. The van der Waals surface area contributed by atoms with E-state index in [1.807, 2.05) is 30.6 Å². The first-order valence-corrected chi connectivity index (χ1v) is 12.9. The first-order chi connectivity index (χ1) is 17.5. The molecule has 1 aliphatic heterocycles. The number of aliphatic hydroxyl groups excluding tert-OH is 1. The number of ether oxygens (including phenoxy) is 1. The summed E-state index contributed by atoms with van der Waals surface area (Å²) in [7, 11) is 6.10. The van der Waals surface area contributed by atoms with Gasteiger partial charge in [0.05, 0.1) is 7.11 Å². The molecule has 0 radical (unpaired) electrons. The van der Waals surface area contributed by atoms with Crippen LogP contribution in [0.2, 0.25) is 0 Å². The molecule has 1 spiro atoms. The van der Waals surface area contributed by atoms with Crippen LogP contribution in [0.1, 0.15) is 42.4 Å². The Balaban J connectivity index is 1.42. The number of benzene rings is 2. The highest BCUT2D eigenvalue weighted by atomic mass is 16.5. The van der Waals surface area contributed by atoms with Crippen molar-refractivity contribution in [1.82, 2.24) is 19.7 Å². The predicted molar refractivity (Wildman–Crippen MR) is 142 cm³/mol. The van der Waals surface area contributed by atoms with Gasteiger partial charge in [-0.1, -0.05) is 48.5 Å². The lowest BCUT2D eigenvalue weighted by molar-refractivity contribution is -0.0987. The minimum absolute atomic E-state index is 0.0147. The van der Waals surface area contributed by atoms with E-state index in [1.54, 1.807) is 7.11 Å². The maximum absolute atomic E-state index is 11.6. The van der Waals surface area contributed by atoms with Gasteiger partial charge in [-0.3, -0.25) is 19.7 Å². The largest absolute Gasteiger partial charge is 0.497 e. The van der Waals surface area contributed by atoms with Gasteiger partial charge < -0.3 is 9.84 Å². The number of nitrogens with zero attached hydrogens (tertiary/aromatic N) is 4. The smallest absolute Gasteiger partial charge is 0.166 e.